The summed E-state index contributed by atoms with van der Waals surface area (Å²) in [6.45, 7) is 1.76. The van der Waals surface area contributed by atoms with Gasteiger partial charge in [-0.05, 0) is 6.92 Å². The minimum atomic E-state index is -0.227. The van der Waals surface area contributed by atoms with Crippen LogP contribution in [0.2, 0.25) is 0 Å². The molecule has 0 saturated carbocycles. The molecular formula is C13H14N2O. The summed E-state index contributed by atoms with van der Waals surface area (Å²) in [4.78, 5) is 13.8. The first kappa shape index (κ1) is 12.0. The van der Waals surface area contributed by atoms with Gasteiger partial charge in [0.15, 0.2) is 0 Å². The summed E-state index contributed by atoms with van der Waals surface area (Å²) in [6, 6.07) is 10.8. The molecule has 0 aromatic heterocycles. The molecule has 0 amide bonds. The molecule has 0 radical (unpaired) electrons. The average Bonchev–Trinajstić information content (AvgIpc) is 2.30. The second kappa shape index (κ2) is 5.13. The maximum absolute atomic E-state index is 12.0. The smallest absolute Gasteiger partial charge is 0.205 e. The second-order valence-corrected chi connectivity index (χ2v) is 3.66. The van der Waals surface area contributed by atoms with Crippen molar-refractivity contribution in [2.45, 2.75) is 6.92 Å². The molecule has 1 rings (SSSR count). The lowest BCUT2D eigenvalue weighted by Crippen LogP contribution is -2.15. The molecule has 0 fully saturated rings. The molecule has 1 aromatic rings. The lowest BCUT2D eigenvalue weighted by Gasteiger charge is -2.14. The maximum Gasteiger partial charge on any atom is 0.205 e. The van der Waals surface area contributed by atoms with Gasteiger partial charge in [0, 0.05) is 25.4 Å². The fourth-order valence-corrected chi connectivity index (χ4v) is 1.25. The van der Waals surface area contributed by atoms with Gasteiger partial charge < -0.3 is 4.90 Å². The summed E-state index contributed by atoms with van der Waals surface area (Å²) < 4.78 is 0. The quantitative estimate of drug-likeness (QED) is 0.440. The van der Waals surface area contributed by atoms with Gasteiger partial charge in [-0.3, -0.25) is 4.79 Å². The van der Waals surface area contributed by atoms with Gasteiger partial charge in [0.1, 0.15) is 11.6 Å². The van der Waals surface area contributed by atoms with Crippen LogP contribution in [0.3, 0.4) is 0 Å². The minimum absolute atomic E-state index is 0.191. The van der Waals surface area contributed by atoms with Crippen molar-refractivity contribution in [2.24, 2.45) is 0 Å². The van der Waals surface area contributed by atoms with Crippen molar-refractivity contribution in [3.05, 3.63) is 47.2 Å². The lowest BCUT2D eigenvalue weighted by molar-refractivity contribution is 0.103. The summed E-state index contributed by atoms with van der Waals surface area (Å²) >= 11 is 0. The first-order chi connectivity index (χ1) is 7.57. The SMILES string of the molecule is CC(=C(C#N)C(=O)c1ccccc1)N(C)C. The van der Waals surface area contributed by atoms with Gasteiger partial charge in [-0.25, -0.2) is 0 Å². The van der Waals surface area contributed by atoms with Crippen LogP contribution < -0.4 is 0 Å². The topological polar surface area (TPSA) is 44.1 Å². The zero-order valence-electron chi connectivity index (χ0n) is 9.69. The molecule has 1 aromatic carbocycles. The number of hydrogen-bond donors (Lipinski definition) is 0. The van der Waals surface area contributed by atoms with Crippen molar-refractivity contribution in [1.82, 2.24) is 4.90 Å². The Hall–Kier alpha value is -2.08. The number of benzene rings is 1. The van der Waals surface area contributed by atoms with Crippen LogP contribution in [-0.4, -0.2) is 24.8 Å². The summed E-state index contributed by atoms with van der Waals surface area (Å²) in [5.74, 6) is -0.227. The van der Waals surface area contributed by atoms with Gasteiger partial charge in [-0.2, -0.15) is 5.26 Å². The van der Waals surface area contributed by atoms with Crippen molar-refractivity contribution in [3.63, 3.8) is 0 Å². The molecular weight excluding hydrogens is 200 g/mol. The van der Waals surface area contributed by atoms with E-state index in [0.29, 0.717) is 11.3 Å². The third kappa shape index (κ3) is 2.48. The summed E-state index contributed by atoms with van der Waals surface area (Å²) in [5, 5.41) is 9.02. The molecule has 0 atom stereocenters. The Kier molecular flexibility index (Phi) is 3.84. The number of nitriles is 1. The van der Waals surface area contributed by atoms with E-state index in [-0.39, 0.29) is 11.4 Å². The molecule has 3 nitrogen and oxygen atoms in total. The van der Waals surface area contributed by atoms with E-state index in [1.54, 1.807) is 36.1 Å². The van der Waals surface area contributed by atoms with Gasteiger partial charge in [-0.15, -0.1) is 0 Å². The number of allylic oxidation sites excluding steroid dienone is 2. The Morgan fingerprint density at radius 2 is 1.81 bits per heavy atom. The van der Waals surface area contributed by atoms with Gasteiger partial charge in [-0.1, -0.05) is 30.3 Å². The van der Waals surface area contributed by atoms with E-state index < -0.39 is 0 Å². The molecule has 0 aliphatic heterocycles. The summed E-state index contributed by atoms with van der Waals surface area (Å²) in [6.07, 6.45) is 0. The fourth-order valence-electron chi connectivity index (χ4n) is 1.25. The van der Waals surface area contributed by atoms with Gasteiger partial charge in [0.05, 0.1) is 0 Å². The highest BCUT2D eigenvalue weighted by atomic mass is 16.1. The van der Waals surface area contributed by atoms with E-state index in [1.165, 1.54) is 0 Å². The number of hydrogen-bond acceptors (Lipinski definition) is 3. The highest BCUT2D eigenvalue weighted by Crippen LogP contribution is 2.13. The number of ketones is 1. The van der Waals surface area contributed by atoms with Crippen LogP contribution >= 0.6 is 0 Å². The molecule has 0 N–H and O–H groups in total. The van der Waals surface area contributed by atoms with Crippen LogP contribution in [0.15, 0.2) is 41.6 Å². The number of rotatable bonds is 3. The number of nitrogens with zero attached hydrogens (tertiary/aromatic N) is 2. The molecule has 3 heteroatoms. The largest absolute Gasteiger partial charge is 0.380 e. The molecule has 0 aliphatic rings. The zero-order valence-corrected chi connectivity index (χ0v) is 9.69. The molecule has 0 spiro atoms. The zero-order chi connectivity index (χ0) is 12.1. The van der Waals surface area contributed by atoms with E-state index in [1.807, 2.05) is 26.2 Å². The normalized spacial score (nSPS) is 11.4. The van der Waals surface area contributed by atoms with Crippen molar-refractivity contribution >= 4 is 5.78 Å². The van der Waals surface area contributed by atoms with E-state index in [2.05, 4.69) is 0 Å². The maximum atomic E-state index is 12.0. The molecule has 0 aliphatic carbocycles. The summed E-state index contributed by atoms with van der Waals surface area (Å²) in [7, 11) is 3.62. The van der Waals surface area contributed by atoms with Crippen molar-refractivity contribution < 1.29 is 4.79 Å². The predicted octanol–water partition coefficient (Wildman–Crippen LogP) is 2.23. The standard InChI is InChI=1S/C13H14N2O/c1-10(15(2)3)12(9-14)13(16)11-7-5-4-6-8-11/h4-8H,1-3H3. The highest BCUT2D eigenvalue weighted by molar-refractivity contribution is 6.11. The Morgan fingerprint density at radius 3 is 2.25 bits per heavy atom. The van der Waals surface area contributed by atoms with E-state index in [4.69, 9.17) is 5.26 Å². The average molecular weight is 214 g/mol. The van der Waals surface area contributed by atoms with E-state index in [9.17, 15) is 4.79 Å². The van der Waals surface area contributed by atoms with E-state index >= 15 is 0 Å². The van der Waals surface area contributed by atoms with Gasteiger partial charge >= 0.3 is 0 Å². The number of carbonyl (C=O) groups is 1. The Morgan fingerprint density at radius 1 is 1.25 bits per heavy atom. The monoisotopic (exact) mass is 214 g/mol. The first-order valence-corrected chi connectivity index (χ1v) is 4.96. The molecule has 0 heterocycles. The highest BCUT2D eigenvalue weighted by Gasteiger charge is 2.15. The van der Waals surface area contributed by atoms with Crippen LogP contribution in [-0.2, 0) is 0 Å². The number of carbonyl (C=O) groups excluding carboxylic acids is 1. The Balaban J connectivity index is 3.16. The van der Waals surface area contributed by atoms with E-state index in [0.717, 1.165) is 0 Å². The summed E-state index contributed by atoms with van der Waals surface area (Å²) in [5.41, 5.74) is 1.41. The molecule has 82 valence electrons. The van der Waals surface area contributed by atoms with Crippen LogP contribution in [0.25, 0.3) is 0 Å². The third-order valence-electron chi connectivity index (χ3n) is 2.41. The van der Waals surface area contributed by atoms with Crippen molar-refractivity contribution in [2.75, 3.05) is 14.1 Å². The molecule has 0 bridgehead atoms. The molecule has 16 heavy (non-hydrogen) atoms. The Labute approximate surface area is 95.6 Å². The van der Waals surface area contributed by atoms with Crippen LogP contribution in [0.5, 0.6) is 0 Å². The Bertz CT molecular complexity index is 453. The van der Waals surface area contributed by atoms with Crippen molar-refractivity contribution in [1.29, 1.82) is 5.26 Å². The van der Waals surface area contributed by atoms with Crippen LogP contribution in [0, 0.1) is 11.3 Å². The van der Waals surface area contributed by atoms with Gasteiger partial charge in [0.2, 0.25) is 5.78 Å². The molecule has 0 unspecified atom stereocenters. The lowest BCUT2D eigenvalue weighted by atomic mass is 10.0. The van der Waals surface area contributed by atoms with Gasteiger partial charge in [0.25, 0.3) is 0 Å². The minimum Gasteiger partial charge on any atom is -0.380 e. The first-order valence-electron chi connectivity index (χ1n) is 4.96. The molecule has 0 saturated heterocycles. The van der Waals surface area contributed by atoms with Crippen LogP contribution in [0.4, 0.5) is 0 Å². The number of Topliss-reactive ketones (excluding diaryl/α,β-unsaturated/α-hetero) is 1. The fraction of sp³-hybridized carbons (Fsp3) is 0.231. The van der Waals surface area contributed by atoms with Crippen LogP contribution in [0.1, 0.15) is 17.3 Å². The predicted molar refractivity (Wildman–Crippen MR) is 62.8 cm³/mol. The van der Waals surface area contributed by atoms with Crippen molar-refractivity contribution in [3.8, 4) is 6.07 Å². The second-order valence-electron chi connectivity index (χ2n) is 3.66. The third-order valence-corrected chi connectivity index (χ3v) is 2.41.